The minimum Gasteiger partial charge on any atom is -0.381 e. The van der Waals surface area contributed by atoms with Gasteiger partial charge < -0.3 is 20.3 Å². The van der Waals surface area contributed by atoms with E-state index in [0.717, 1.165) is 5.56 Å². The Hall–Kier alpha value is -1.96. The fourth-order valence-electron chi connectivity index (χ4n) is 2.65. The molecular formula is C17H23ClN4O3. The lowest BCUT2D eigenvalue weighted by atomic mass is 9.90. The number of carbonyl (C=O) groups is 1. The molecule has 1 unspecified atom stereocenters. The van der Waals surface area contributed by atoms with Crippen LogP contribution in [0.3, 0.4) is 0 Å². The lowest BCUT2D eigenvalue weighted by Gasteiger charge is -2.32. The van der Waals surface area contributed by atoms with E-state index in [0.29, 0.717) is 44.2 Å². The molecule has 1 amide bonds. The van der Waals surface area contributed by atoms with Crippen molar-refractivity contribution in [3.05, 3.63) is 47.6 Å². The Morgan fingerprint density at radius 2 is 2.00 bits per heavy atom. The van der Waals surface area contributed by atoms with Gasteiger partial charge in [-0.25, -0.2) is 0 Å². The van der Waals surface area contributed by atoms with Crippen LogP contribution in [0.2, 0.25) is 0 Å². The number of rotatable bonds is 5. The van der Waals surface area contributed by atoms with Gasteiger partial charge in [0.05, 0.1) is 18.0 Å². The van der Waals surface area contributed by atoms with Gasteiger partial charge in [-0.3, -0.25) is 4.79 Å². The number of aromatic nitrogens is 2. The predicted octanol–water partition coefficient (Wildman–Crippen LogP) is 1.77. The number of ether oxygens (including phenoxy) is 1. The molecule has 1 aromatic carbocycles. The SMILES string of the molecule is CC(NC(=O)C1(N)CCOCC1)c1noc(Cc2ccccc2)n1.Cl. The van der Waals surface area contributed by atoms with Crippen LogP contribution in [0.25, 0.3) is 0 Å². The lowest BCUT2D eigenvalue weighted by Crippen LogP contribution is -2.57. The predicted molar refractivity (Wildman–Crippen MR) is 94.3 cm³/mol. The maximum Gasteiger partial charge on any atom is 0.240 e. The number of carbonyl (C=O) groups excluding carboxylic acids is 1. The van der Waals surface area contributed by atoms with Crippen molar-refractivity contribution in [1.82, 2.24) is 15.5 Å². The minimum atomic E-state index is -0.886. The second kappa shape index (κ2) is 8.42. The van der Waals surface area contributed by atoms with Crippen LogP contribution in [-0.4, -0.2) is 34.8 Å². The molecule has 0 aliphatic carbocycles. The number of hydrogen-bond acceptors (Lipinski definition) is 6. The molecule has 1 aliphatic rings. The van der Waals surface area contributed by atoms with Gasteiger partial charge in [0.15, 0.2) is 5.82 Å². The lowest BCUT2D eigenvalue weighted by molar-refractivity contribution is -0.130. The normalized spacial score (nSPS) is 17.4. The van der Waals surface area contributed by atoms with Crippen LogP contribution in [0, 0.1) is 0 Å². The molecule has 0 spiro atoms. The van der Waals surface area contributed by atoms with E-state index in [1.54, 1.807) is 0 Å². The molecule has 25 heavy (non-hydrogen) atoms. The Morgan fingerprint density at radius 1 is 1.32 bits per heavy atom. The van der Waals surface area contributed by atoms with E-state index < -0.39 is 5.54 Å². The van der Waals surface area contributed by atoms with E-state index in [1.807, 2.05) is 37.3 Å². The summed E-state index contributed by atoms with van der Waals surface area (Å²) in [5, 5.41) is 6.85. The number of amides is 1. The monoisotopic (exact) mass is 366 g/mol. The van der Waals surface area contributed by atoms with E-state index >= 15 is 0 Å². The van der Waals surface area contributed by atoms with Gasteiger partial charge in [0.1, 0.15) is 0 Å². The molecule has 1 saturated heterocycles. The first-order valence-electron chi connectivity index (χ1n) is 8.11. The van der Waals surface area contributed by atoms with Gasteiger partial charge in [0.2, 0.25) is 11.8 Å². The molecular weight excluding hydrogens is 344 g/mol. The fourth-order valence-corrected chi connectivity index (χ4v) is 2.65. The summed E-state index contributed by atoms with van der Waals surface area (Å²) in [6.45, 7) is 2.82. The highest BCUT2D eigenvalue weighted by molar-refractivity contribution is 5.86. The number of nitrogens with zero attached hydrogens (tertiary/aromatic N) is 2. The van der Waals surface area contributed by atoms with E-state index in [4.69, 9.17) is 15.0 Å². The van der Waals surface area contributed by atoms with Gasteiger partial charge in [-0.15, -0.1) is 12.4 Å². The first-order valence-corrected chi connectivity index (χ1v) is 8.11. The smallest absolute Gasteiger partial charge is 0.240 e. The molecule has 0 radical (unpaired) electrons. The summed E-state index contributed by atoms with van der Waals surface area (Å²) in [5.41, 5.74) is 6.38. The van der Waals surface area contributed by atoms with Crippen molar-refractivity contribution in [2.75, 3.05) is 13.2 Å². The van der Waals surface area contributed by atoms with Crippen LogP contribution in [0.1, 0.15) is 43.1 Å². The first kappa shape index (κ1) is 19.4. The van der Waals surface area contributed by atoms with E-state index in [2.05, 4.69) is 15.5 Å². The molecule has 136 valence electrons. The van der Waals surface area contributed by atoms with Gasteiger partial charge >= 0.3 is 0 Å². The zero-order valence-corrected chi connectivity index (χ0v) is 14.9. The van der Waals surface area contributed by atoms with Crippen molar-refractivity contribution in [2.24, 2.45) is 5.73 Å². The molecule has 7 nitrogen and oxygen atoms in total. The Morgan fingerprint density at radius 3 is 2.68 bits per heavy atom. The summed E-state index contributed by atoms with van der Waals surface area (Å²) < 4.78 is 10.5. The Labute approximate surface area is 152 Å². The van der Waals surface area contributed by atoms with E-state index in [1.165, 1.54) is 0 Å². The van der Waals surface area contributed by atoms with E-state index in [-0.39, 0.29) is 24.4 Å². The van der Waals surface area contributed by atoms with Gasteiger partial charge in [0.25, 0.3) is 0 Å². The van der Waals surface area contributed by atoms with Crippen LogP contribution >= 0.6 is 12.4 Å². The number of halogens is 1. The molecule has 1 atom stereocenters. The van der Waals surface area contributed by atoms with Crippen molar-refractivity contribution in [3.63, 3.8) is 0 Å². The van der Waals surface area contributed by atoms with Gasteiger partial charge in [-0.2, -0.15) is 4.98 Å². The molecule has 0 saturated carbocycles. The van der Waals surface area contributed by atoms with Crippen molar-refractivity contribution >= 4 is 18.3 Å². The average Bonchev–Trinajstić information content (AvgIpc) is 3.05. The van der Waals surface area contributed by atoms with Gasteiger partial charge in [-0.05, 0) is 25.3 Å². The molecule has 2 heterocycles. The topological polar surface area (TPSA) is 103 Å². The standard InChI is InChI=1S/C17H22N4O3.ClH/c1-12(19-16(22)17(18)7-9-23-10-8-17)15-20-14(24-21-15)11-13-5-3-2-4-6-13;/h2-6,12H,7-11,18H2,1H3,(H,19,22);1H. The molecule has 0 bridgehead atoms. The summed E-state index contributed by atoms with van der Waals surface area (Å²) in [6, 6.07) is 9.51. The third-order valence-corrected chi connectivity index (χ3v) is 4.25. The molecule has 1 fully saturated rings. The van der Waals surface area contributed by atoms with Crippen molar-refractivity contribution < 1.29 is 14.1 Å². The van der Waals surface area contributed by atoms with Gasteiger partial charge in [0, 0.05) is 13.2 Å². The summed E-state index contributed by atoms with van der Waals surface area (Å²) in [4.78, 5) is 16.8. The van der Waals surface area contributed by atoms with Crippen LogP contribution in [-0.2, 0) is 16.0 Å². The second-order valence-electron chi connectivity index (χ2n) is 6.17. The molecule has 1 aliphatic heterocycles. The van der Waals surface area contributed by atoms with Crippen molar-refractivity contribution in [1.29, 1.82) is 0 Å². The number of nitrogens with two attached hydrogens (primary N) is 1. The fraction of sp³-hybridized carbons (Fsp3) is 0.471. The first-order chi connectivity index (χ1) is 11.6. The van der Waals surface area contributed by atoms with Crippen molar-refractivity contribution in [3.8, 4) is 0 Å². The van der Waals surface area contributed by atoms with Gasteiger partial charge in [-0.1, -0.05) is 35.5 Å². The summed E-state index contributed by atoms with van der Waals surface area (Å²) in [5.74, 6) is 0.767. The quantitative estimate of drug-likeness (QED) is 0.835. The zero-order chi connectivity index (χ0) is 17.0. The molecule has 2 aromatic rings. The number of benzene rings is 1. The molecule has 3 N–H and O–H groups in total. The maximum atomic E-state index is 12.4. The highest BCUT2D eigenvalue weighted by Gasteiger charge is 2.36. The molecule has 1 aromatic heterocycles. The molecule has 8 heteroatoms. The van der Waals surface area contributed by atoms with E-state index in [9.17, 15) is 4.79 Å². The highest BCUT2D eigenvalue weighted by atomic mass is 35.5. The maximum absolute atomic E-state index is 12.4. The average molecular weight is 367 g/mol. The molecule has 3 rings (SSSR count). The summed E-state index contributed by atoms with van der Waals surface area (Å²) in [7, 11) is 0. The van der Waals surface area contributed by atoms with Crippen molar-refractivity contribution in [2.45, 2.75) is 37.8 Å². The Balaban J connectivity index is 0.00000225. The summed E-state index contributed by atoms with van der Waals surface area (Å²) in [6.07, 6.45) is 1.58. The Bertz CT molecular complexity index is 686. The Kier molecular flexibility index (Phi) is 6.52. The zero-order valence-electron chi connectivity index (χ0n) is 14.1. The van der Waals surface area contributed by atoms with Crippen LogP contribution in [0.15, 0.2) is 34.9 Å². The summed E-state index contributed by atoms with van der Waals surface area (Å²) >= 11 is 0. The third-order valence-electron chi connectivity index (χ3n) is 4.25. The minimum absolute atomic E-state index is 0. The van der Waals surface area contributed by atoms with Crippen LogP contribution in [0.4, 0.5) is 0 Å². The third kappa shape index (κ3) is 4.78. The largest absolute Gasteiger partial charge is 0.381 e. The number of nitrogens with one attached hydrogen (secondary N) is 1. The highest BCUT2D eigenvalue weighted by Crippen LogP contribution is 2.20. The van der Waals surface area contributed by atoms with Crippen LogP contribution < -0.4 is 11.1 Å². The van der Waals surface area contributed by atoms with Crippen LogP contribution in [0.5, 0.6) is 0 Å². The second-order valence-corrected chi connectivity index (χ2v) is 6.17. The number of hydrogen-bond donors (Lipinski definition) is 2.